The van der Waals surface area contributed by atoms with Crippen LogP contribution < -0.4 is 0 Å². The van der Waals surface area contributed by atoms with Crippen LogP contribution in [0.2, 0.25) is 0 Å². The van der Waals surface area contributed by atoms with Crippen molar-refractivity contribution in [2.24, 2.45) is 0 Å². The molecule has 0 saturated carbocycles. The number of rotatable bonds is 7. The summed E-state index contributed by atoms with van der Waals surface area (Å²) in [4.78, 5) is 19.3. The molecule has 0 aromatic carbocycles. The smallest absolute Gasteiger partial charge is 0.303 e. The van der Waals surface area contributed by atoms with Crippen molar-refractivity contribution in [1.29, 1.82) is 0 Å². The standard InChI is InChI=1S/C6H14O2.C4H6O4/c1-2-3-4-5-6(7)8;5-3(6)1-2-4(7)8/h6-8H,2-5H2,1H3;1-2H2,(H,5,6)(H,7,8). The molecule has 0 spiro atoms. The quantitative estimate of drug-likeness (QED) is 0.384. The number of aliphatic hydroxyl groups is 2. The van der Waals surface area contributed by atoms with Crippen LogP contribution in [0.4, 0.5) is 0 Å². The van der Waals surface area contributed by atoms with Crippen molar-refractivity contribution in [2.75, 3.05) is 0 Å². The summed E-state index contributed by atoms with van der Waals surface area (Å²) in [5, 5.41) is 32.5. The Hall–Kier alpha value is -1.14. The lowest BCUT2D eigenvalue weighted by atomic mass is 10.2. The maximum atomic E-state index is 9.64. The van der Waals surface area contributed by atoms with Gasteiger partial charge in [0.25, 0.3) is 0 Å². The van der Waals surface area contributed by atoms with E-state index in [0.29, 0.717) is 6.42 Å². The zero-order valence-corrected chi connectivity index (χ0v) is 9.43. The van der Waals surface area contributed by atoms with Crippen LogP contribution in [0.3, 0.4) is 0 Å². The third kappa shape index (κ3) is 23.0. The maximum absolute atomic E-state index is 9.64. The first-order chi connectivity index (χ1) is 7.40. The van der Waals surface area contributed by atoms with Crippen LogP contribution in [-0.4, -0.2) is 38.7 Å². The van der Waals surface area contributed by atoms with Gasteiger partial charge in [0.1, 0.15) is 0 Å². The zero-order chi connectivity index (χ0) is 13.0. The summed E-state index contributed by atoms with van der Waals surface area (Å²) in [5.74, 6) is -2.15. The Morgan fingerprint density at radius 1 is 1.00 bits per heavy atom. The molecule has 0 saturated heterocycles. The molecule has 0 unspecified atom stereocenters. The average molecular weight is 236 g/mol. The van der Waals surface area contributed by atoms with Crippen LogP contribution in [0.15, 0.2) is 0 Å². The maximum Gasteiger partial charge on any atom is 0.303 e. The van der Waals surface area contributed by atoms with Gasteiger partial charge in [-0.3, -0.25) is 9.59 Å². The Labute approximate surface area is 94.5 Å². The van der Waals surface area contributed by atoms with Gasteiger partial charge >= 0.3 is 11.9 Å². The van der Waals surface area contributed by atoms with Crippen LogP contribution in [-0.2, 0) is 9.59 Å². The monoisotopic (exact) mass is 236 g/mol. The lowest BCUT2D eigenvalue weighted by Crippen LogP contribution is -2.02. The number of hydrogen-bond donors (Lipinski definition) is 4. The molecular formula is C10H20O6. The molecule has 6 heteroatoms. The molecule has 96 valence electrons. The first kappa shape index (κ1) is 17.3. The first-order valence-electron chi connectivity index (χ1n) is 5.19. The van der Waals surface area contributed by atoms with E-state index in [2.05, 4.69) is 6.92 Å². The zero-order valence-electron chi connectivity index (χ0n) is 9.43. The molecule has 0 aliphatic rings. The van der Waals surface area contributed by atoms with E-state index >= 15 is 0 Å². The fourth-order valence-electron chi connectivity index (χ4n) is 0.791. The lowest BCUT2D eigenvalue weighted by Gasteiger charge is -1.99. The van der Waals surface area contributed by atoms with Gasteiger partial charge in [0.15, 0.2) is 6.29 Å². The van der Waals surface area contributed by atoms with Crippen molar-refractivity contribution < 1.29 is 30.0 Å². The van der Waals surface area contributed by atoms with Gasteiger partial charge in [0.05, 0.1) is 12.8 Å². The molecule has 0 rings (SSSR count). The second-order valence-corrected chi connectivity index (χ2v) is 3.26. The molecule has 4 N–H and O–H groups in total. The van der Waals surface area contributed by atoms with Crippen molar-refractivity contribution in [3.8, 4) is 0 Å². The van der Waals surface area contributed by atoms with E-state index in [1.54, 1.807) is 0 Å². The van der Waals surface area contributed by atoms with Gasteiger partial charge < -0.3 is 20.4 Å². The van der Waals surface area contributed by atoms with Crippen molar-refractivity contribution in [3.05, 3.63) is 0 Å². The number of aliphatic hydroxyl groups excluding tert-OH is 1. The van der Waals surface area contributed by atoms with Gasteiger partial charge in [0, 0.05) is 0 Å². The Bertz CT molecular complexity index is 176. The predicted octanol–water partition coefficient (Wildman–Crippen LogP) is 0.813. The third-order valence-corrected chi connectivity index (χ3v) is 1.62. The number of hydrogen-bond acceptors (Lipinski definition) is 4. The highest BCUT2D eigenvalue weighted by Crippen LogP contribution is 1.99. The molecule has 0 aromatic heterocycles. The Kier molecular flexibility index (Phi) is 12.9. The highest BCUT2D eigenvalue weighted by atomic mass is 16.5. The normalized spacial score (nSPS) is 9.50. The Balaban J connectivity index is 0. The Morgan fingerprint density at radius 2 is 1.44 bits per heavy atom. The third-order valence-electron chi connectivity index (χ3n) is 1.62. The lowest BCUT2D eigenvalue weighted by molar-refractivity contribution is -0.143. The summed E-state index contributed by atoms with van der Waals surface area (Å²) >= 11 is 0. The van der Waals surface area contributed by atoms with E-state index in [1.165, 1.54) is 0 Å². The molecule has 0 aliphatic carbocycles. The number of aliphatic carboxylic acids is 2. The highest BCUT2D eigenvalue weighted by molar-refractivity contribution is 5.75. The minimum absolute atomic E-state index is 0.296. The van der Waals surface area contributed by atoms with Gasteiger partial charge in [-0.15, -0.1) is 0 Å². The molecule has 6 nitrogen and oxygen atoms in total. The van der Waals surface area contributed by atoms with E-state index < -0.39 is 18.2 Å². The van der Waals surface area contributed by atoms with Crippen LogP contribution in [0.5, 0.6) is 0 Å². The molecular weight excluding hydrogens is 216 g/mol. The molecule has 0 fully saturated rings. The fraction of sp³-hybridized carbons (Fsp3) is 0.800. The Morgan fingerprint density at radius 3 is 1.69 bits per heavy atom. The molecule has 0 amide bonds. The van der Waals surface area contributed by atoms with Crippen molar-refractivity contribution in [1.82, 2.24) is 0 Å². The SMILES string of the molecule is CCCCCC(O)O.O=C(O)CCC(=O)O. The summed E-state index contributed by atoms with van der Waals surface area (Å²) in [6.07, 6.45) is 1.98. The number of carbonyl (C=O) groups is 2. The molecule has 0 aliphatic heterocycles. The summed E-state index contributed by atoms with van der Waals surface area (Å²) in [5.41, 5.74) is 0. The number of unbranched alkanes of at least 4 members (excludes halogenated alkanes) is 2. The minimum atomic E-state index is -1.10. The second kappa shape index (κ2) is 11.9. The summed E-state index contributed by atoms with van der Waals surface area (Å²) in [6.45, 7) is 2.09. The van der Waals surface area contributed by atoms with Crippen molar-refractivity contribution >= 4 is 11.9 Å². The molecule has 0 bridgehead atoms. The van der Waals surface area contributed by atoms with Crippen LogP contribution in [0.25, 0.3) is 0 Å². The molecule has 0 radical (unpaired) electrons. The second-order valence-electron chi connectivity index (χ2n) is 3.26. The van der Waals surface area contributed by atoms with Crippen LogP contribution >= 0.6 is 0 Å². The first-order valence-corrected chi connectivity index (χ1v) is 5.19. The van der Waals surface area contributed by atoms with E-state index in [0.717, 1.165) is 19.3 Å². The van der Waals surface area contributed by atoms with Gasteiger partial charge in [-0.25, -0.2) is 0 Å². The van der Waals surface area contributed by atoms with Gasteiger partial charge in [-0.2, -0.15) is 0 Å². The highest BCUT2D eigenvalue weighted by Gasteiger charge is 2.00. The van der Waals surface area contributed by atoms with Crippen LogP contribution in [0, 0.1) is 0 Å². The summed E-state index contributed by atoms with van der Waals surface area (Å²) < 4.78 is 0. The molecule has 0 heterocycles. The van der Waals surface area contributed by atoms with E-state index in [1.807, 2.05) is 0 Å². The summed E-state index contributed by atoms with van der Waals surface area (Å²) in [7, 11) is 0. The minimum Gasteiger partial charge on any atom is -0.481 e. The van der Waals surface area contributed by atoms with E-state index in [4.69, 9.17) is 20.4 Å². The van der Waals surface area contributed by atoms with Crippen molar-refractivity contribution in [2.45, 2.75) is 51.7 Å². The molecule has 16 heavy (non-hydrogen) atoms. The van der Waals surface area contributed by atoms with Crippen LogP contribution in [0.1, 0.15) is 45.4 Å². The fourth-order valence-corrected chi connectivity index (χ4v) is 0.791. The van der Waals surface area contributed by atoms with Gasteiger partial charge in [0.2, 0.25) is 0 Å². The number of carboxylic acid groups (broad SMARTS) is 2. The van der Waals surface area contributed by atoms with E-state index in [-0.39, 0.29) is 12.8 Å². The largest absolute Gasteiger partial charge is 0.481 e. The van der Waals surface area contributed by atoms with E-state index in [9.17, 15) is 9.59 Å². The predicted molar refractivity (Wildman–Crippen MR) is 56.9 cm³/mol. The molecule has 0 aromatic rings. The topological polar surface area (TPSA) is 115 Å². The average Bonchev–Trinajstić information content (AvgIpc) is 2.16. The van der Waals surface area contributed by atoms with Gasteiger partial charge in [-0.1, -0.05) is 19.8 Å². The number of carboxylic acids is 2. The van der Waals surface area contributed by atoms with Crippen molar-refractivity contribution in [3.63, 3.8) is 0 Å². The molecule has 0 atom stereocenters. The van der Waals surface area contributed by atoms with Gasteiger partial charge in [-0.05, 0) is 12.8 Å². The summed E-state index contributed by atoms with van der Waals surface area (Å²) in [6, 6.07) is 0.